The number of benzene rings is 1. The Balaban J connectivity index is 1.54. The third-order valence-electron chi connectivity index (χ3n) is 4.09. The molecule has 0 unspecified atom stereocenters. The molecule has 25 heavy (non-hydrogen) atoms. The topological polar surface area (TPSA) is 70.8 Å². The quantitative estimate of drug-likeness (QED) is 0.738. The van der Waals surface area contributed by atoms with Crippen molar-refractivity contribution in [2.45, 2.75) is 0 Å². The predicted molar refractivity (Wildman–Crippen MR) is 95.4 cm³/mol. The average Bonchev–Trinajstić information content (AvgIpc) is 3.16. The number of nitrogens with zero attached hydrogens (tertiary/aromatic N) is 2. The maximum absolute atomic E-state index is 12.4. The number of furan rings is 1. The van der Waals surface area contributed by atoms with E-state index in [0.29, 0.717) is 31.9 Å². The van der Waals surface area contributed by atoms with Gasteiger partial charge in [0, 0.05) is 31.6 Å². The largest absolute Gasteiger partial charge is 0.461 e. The molecule has 0 amide bonds. The summed E-state index contributed by atoms with van der Waals surface area (Å²) in [5.41, 5.74) is 0.841. The molecule has 2 aromatic rings. The molecule has 2 heterocycles. The van der Waals surface area contributed by atoms with Crippen LogP contribution in [0.25, 0.3) is 6.08 Å². The van der Waals surface area contributed by atoms with Gasteiger partial charge in [-0.3, -0.25) is 9.69 Å². The predicted octanol–water partition coefficient (Wildman–Crippen LogP) is 2.08. The Morgan fingerprint density at radius 1 is 1.04 bits per heavy atom. The summed E-state index contributed by atoms with van der Waals surface area (Å²) in [6.45, 7) is 2.01. The molecule has 6 nitrogen and oxygen atoms in total. The molecule has 1 aliphatic rings. The van der Waals surface area contributed by atoms with Gasteiger partial charge >= 0.3 is 0 Å². The van der Waals surface area contributed by atoms with Gasteiger partial charge in [-0.15, -0.1) is 0 Å². The average molecular weight is 360 g/mol. The second-order valence-corrected chi connectivity index (χ2v) is 7.65. The van der Waals surface area contributed by atoms with Crippen LogP contribution in [0.3, 0.4) is 0 Å². The van der Waals surface area contributed by atoms with Crippen LogP contribution in [0, 0.1) is 0 Å². The van der Waals surface area contributed by atoms with Crippen LogP contribution in [0.4, 0.5) is 0 Å². The smallest absolute Gasteiger partial charge is 0.236 e. The first kappa shape index (κ1) is 17.6. The van der Waals surface area contributed by atoms with Gasteiger partial charge < -0.3 is 4.42 Å². The molecule has 132 valence electrons. The van der Waals surface area contributed by atoms with Crippen molar-refractivity contribution >= 4 is 21.9 Å². The van der Waals surface area contributed by atoms with Crippen molar-refractivity contribution in [2.75, 3.05) is 32.7 Å². The summed E-state index contributed by atoms with van der Waals surface area (Å²) >= 11 is 0. The van der Waals surface area contributed by atoms with Crippen molar-refractivity contribution in [2.24, 2.45) is 0 Å². The minimum Gasteiger partial charge on any atom is -0.461 e. The van der Waals surface area contributed by atoms with Crippen molar-refractivity contribution < 1.29 is 17.6 Å². The van der Waals surface area contributed by atoms with Gasteiger partial charge in [-0.1, -0.05) is 30.3 Å². The SMILES string of the molecule is O=C(CN1CCN(S(=O)(=O)/C=C/c2ccccc2)CC1)c1ccco1. The van der Waals surface area contributed by atoms with Crippen molar-refractivity contribution in [3.63, 3.8) is 0 Å². The number of ketones is 1. The highest BCUT2D eigenvalue weighted by atomic mass is 32.2. The molecule has 0 saturated carbocycles. The first-order chi connectivity index (χ1) is 12.0. The molecule has 1 saturated heterocycles. The zero-order valence-electron chi connectivity index (χ0n) is 13.7. The van der Waals surface area contributed by atoms with Crippen LogP contribution in [0.1, 0.15) is 16.1 Å². The molecule has 0 bridgehead atoms. The fourth-order valence-corrected chi connectivity index (χ4v) is 3.85. The van der Waals surface area contributed by atoms with Crippen molar-refractivity contribution in [3.8, 4) is 0 Å². The second kappa shape index (κ2) is 7.77. The maximum Gasteiger partial charge on any atom is 0.236 e. The van der Waals surface area contributed by atoms with Crippen molar-refractivity contribution in [3.05, 3.63) is 65.5 Å². The Labute approximate surface area is 147 Å². The number of hydrogen-bond acceptors (Lipinski definition) is 5. The lowest BCUT2D eigenvalue weighted by molar-refractivity contribution is 0.0875. The molecule has 0 N–H and O–H groups in total. The lowest BCUT2D eigenvalue weighted by atomic mass is 10.2. The van der Waals surface area contributed by atoms with Crippen LogP contribution in [0.2, 0.25) is 0 Å². The summed E-state index contributed by atoms with van der Waals surface area (Å²) in [4.78, 5) is 14.0. The molecular formula is C18H20N2O4S. The molecule has 7 heteroatoms. The van der Waals surface area contributed by atoms with Crippen molar-refractivity contribution in [1.82, 2.24) is 9.21 Å². The van der Waals surface area contributed by atoms with E-state index in [0.717, 1.165) is 5.56 Å². The van der Waals surface area contributed by atoms with E-state index >= 15 is 0 Å². The minimum atomic E-state index is -3.45. The maximum atomic E-state index is 12.4. The number of piperazine rings is 1. The van der Waals surface area contributed by atoms with Crippen molar-refractivity contribution in [1.29, 1.82) is 0 Å². The number of sulfonamides is 1. The molecule has 0 atom stereocenters. The van der Waals surface area contributed by atoms with Gasteiger partial charge in [0.15, 0.2) is 5.76 Å². The second-order valence-electron chi connectivity index (χ2n) is 5.83. The first-order valence-electron chi connectivity index (χ1n) is 8.07. The Morgan fingerprint density at radius 2 is 1.76 bits per heavy atom. The van der Waals surface area contributed by atoms with E-state index in [1.54, 1.807) is 18.2 Å². The molecule has 0 radical (unpaired) electrons. The van der Waals surface area contributed by atoms with Gasteiger partial charge in [0.05, 0.1) is 12.8 Å². The number of carbonyl (C=O) groups excluding carboxylic acids is 1. The third kappa shape index (κ3) is 4.66. The highest BCUT2D eigenvalue weighted by molar-refractivity contribution is 7.92. The number of rotatable bonds is 6. The molecule has 1 aliphatic heterocycles. The standard InChI is InChI=1S/C18H20N2O4S/c21-17(18-7-4-13-24-18)15-19-9-11-20(12-10-19)25(22,23)14-8-16-5-2-1-3-6-16/h1-8,13-14H,9-12,15H2/b14-8+. The molecule has 1 aromatic carbocycles. The Hall–Kier alpha value is -2.22. The van der Waals surface area contributed by atoms with Gasteiger partial charge in [0.2, 0.25) is 15.8 Å². The minimum absolute atomic E-state index is 0.0923. The van der Waals surface area contributed by atoms with Crippen LogP contribution in [0.15, 0.2) is 58.6 Å². The van der Waals surface area contributed by atoms with E-state index in [2.05, 4.69) is 0 Å². The summed E-state index contributed by atoms with van der Waals surface area (Å²) in [6.07, 6.45) is 3.07. The number of hydrogen-bond donors (Lipinski definition) is 0. The van der Waals surface area contributed by atoms with E-state index in [4.69, 9.17) is 4.42 Å². The number of Topliss-reactive ketones (excluding diaryl/α,β-unsaturated/α-hetero) is 1. The van der Waals surface area contributed by atoms with Crippen LogP contribution < -0.4 is 0 Å². The fourth-order valence-electron chi connectivity index (χ4n) is 2.68. The normalized spacial score (nSPS) is 17.1. The highest BCUT2D eigenvalue weighted by Crippen LogP contribution is 2.12. The fraction of sp³-hybridized carbons (Fsp3) is 0.278. The highest BCUT2D eigenvalue weighted by Gasteiger charge is 2.26. The summed E-state index contributed by atoms with van der Waals surface area (Å²) < 4.78 is 31.4. The lowest BCUT2D eigenvalue weighted by Crippen LogP contribution is -2.49. The summed E-state index contributed by atoms with van der Waals surface area (Å²) in [6, 6.07) is 12.6. The Bertz CT molecular complexity index is 821. The van der Waals surface area contributed by atoms with Gasteiger partial charge in [0.1, 0.15) is 0 Å². The first-order valence-corrected chi connectivity index (χ1v) is 9.57. The van der Waals surface area contributed by atoms with E-state index in [1.165, 1.54) is 16.0 Å². The zero-order valence-corrected chi connectivity index (χ0v) is 14.6. The summed E-state index contributed by atoms with van der Waals surface area (Å²) in [5, 5.41) is 1.24. The molecule has 0 aliphatic carbocycles. The Kier molecular flexibility index (Phi) is 5.47. The van der Waals surface area contributed by atoms with E-state index in [9.17, 15) is 13.2 Å². The van der Waals surface area contributed by atoms with Gasteiger partial charge in [-0.2, -0.15) is 4.31 Å². The van der Waals surface area contributed by atoms with Gasteiger partial charge in [0.25, 0.3) is 0 Å². The van der Waals surface area contributed by atoms with Crippen LogP contribution in [0.5, 0.6) is 0 Å². The molecule has 3 rings (SSSR count). The van der Waals surface area contributed by atoms with Crippen LogP contribution in [-0.4, -0.2) is 56.1 Å². The Morgan fingerprint density at radius 3 is 2.40 bits per heavy atom. The zero-order chi connectivity index (χ0) is 17.7. The van der Waals surface area contributed by atoms with Gasteiger partial charge in [-0.25, -0.2) is 8.42 Å². The molecule has 1 aromatic heterocycles. The summed E-state index contributed by atoms with van der Waals surface area (Å²) in [5.74, 6) is 0.242. The van der Waals surface area contributed by atoms with Crippen LogP contribution in [-0.2, 0) is 10.0 Å². The van der Waals surface area contributed by atoms with Crippen LogP contribution >= 0.6 is 0 Å². The number of carbonyl (C=O) groups is 1. The van der Waals surface area contributed by atoms with Gasteiger partial charge in [-0.05, 0) is 23.8 Å². The molecule has 0 spiro atoms. The molecular weight excluding hydrogens is 340 g/mol. The third-order valence-corrected chi connectivity index (χ3v) is 5.65. The van der Waals surface area contributed by atoms with E-state index in [-0.39, 0.29) is 12.3 Å². The summed E-state index contributed by atoms with van der Waals surface area (Å²) in [7, 11) is -3.45. The lowest BCUT2D eigenvalue weighted by Gasteiger charge is -2.32. The monoisotopic (exact) mass is 360 g/mol. The van der Waals surface area contributed by atoms with E-state index < -0.39 is 10.0 Å². The molecule has 1 fully saturated rings. The van der Waals surface area contributed by atoms with E-state index in [1.807, 2.05) is 35.2 Å².